The molecule has 0 atom stereocenters. The van der Waals surface area contributed by atoms with Crippen LogP contribution in [0.25, 0.3) is 0 Å². The number of nitrogen functional groups attached to an aromatic ring is 1. The summed E-state index contributed by atoms with van der Waals surface area (Å²) in [6, 6.07) is 1.62. The molecule has 1 heterocycles. The first-order valence-corrected chi connectivity index (χ1v) is 3.77. The highest BCUT2D eigenvalue weighted by Gasteiger charge is 2.16. The maximum atomic E-state index is 11.3. The highest BCUT2D eigenvalue weighted by atomic mass is 16.1. The molecule has 4 nitrogen and oxygen atoms in total. The predicted molar refractivity (Wildman–Crippen MR) is 47.9 cm³/mol. The summed E-state index contributed by atoms with van der Waals surface area (Å²) >= 11 is 0. The van der Waals surface area contributed by atoms with Crippen LogP contribution in [0.5, 0.6) is 0 Å². The lowest BCUT2D eigenvalue weighted by Crippen LogP contribution is -2.36. The fraction of sp³-hybridized carbons (Fsp3) is 0.500. The van der Waals surface area contributed by atoms with Crippen molar-refractivity contribution in [2.45, 2.75) is 26.3 Å². The van der Waals surface area contributed by atoms with Crippen molar-refractivity contribution in [1.82, 2.24) is 9.55 Å². The van der Waals surface area contributed by atoms with Gasteiger partial charge >= 0.3 is 5.69 Å². The average Bonchev–Trinajstić information content (AvgIpc) is 1.82. The van der Waals surface area contributed by atoms with Crippen LogP contribution < -0.4 is 11.4 Å². The number of nitrogens with zero attached hydrogens (tertiary/aromatic N) is 2. The Morgan fingerprint density at radius 1 is 1.50 bits per heavy atom. The number of hydrogen-bond donors (Lipinski definition) is 1. The smallest absolute Gasteiger partial charge is 0.349 e. The molecule has 0 aliphatic carbocycles. The van der Waals surface area contributed by atoms with Crippen LogP contribution in [0.15, 0.2) is 17.1 Å². The molecule has 4 heteroatoms. The van der Waals surface area contributed by atoms with E-state index in [1.165, 1.54) is 10.8 Å². The molecular weight excluding hydrogens is 154 g/mol. The zero-order valence-electron chi connectivity index (χ0n) is 7.53. The van der Waals surface area contributed by atoms with E-state index < -0.39 is 0 Å². The molecule has 0 fully saturated rings. The van der Waals surface area contributed by atoms with Crippen LogP contribution in [0.4, 0.5) is 5.82 Å². The standard InChI is InChI=1S/C8H13N3O/c1-8(2,3)11-6(9)4-5-10-7(11)12/h4-5H,9H2,1-3H3. The summed E-state index contributed by atoms with van der Waals surface area (Å²) in [6.07, 6.45) is 1.42. The normalized spacial score (nSPS) is 11.6. The summed E-state index contributed by atoms with van der Waals surface area (Å²) < 4.78 is 1.47. The van der Waals surface area contributed by atoms with Gasteiger partial charge in [0.15, 0.2) is 0 Å². The average molecular weight is 167 g/mol. The predicted octanol–water partition coefficient (Wildman–Crippen LogP) is 0.581. The summed E-state index contributed by atoms with van der Waals surface area (Å²) in [4.78, 5) is 14.9. The van der Waals surface area contributed by atoms with Crippen LogP contribution in [-0.2, 0) is 5.54 Å². The van der Waals surface area contributed by atoms with E-state index >= 15 is 0 Å². The van der Waals surface area contributed by atoms with Gasteiger partial charge in [-0.2, -0.15) is 0 Å². The first kappa shape index (κ1) is 8.77. The number of rotatable bonds is 0. The van der Waals surface area contributed by atoms with E-state index in [9.17, 15) is 4.79 Å². The molecular formula is C8H13N3O. The van der Waals surface area contributed by atoms with E-state index in [0.717, 1.165) is 0 Å². The molecule has 0 unspecified atom stereocenters. The first-order valence-electron chi connectivity index (χ1n) is 3.77. The lowest BCUT2D eigenvalue weighted by molar-refractivity contribution is 0.384. The molecule has 1 aromatic heterocycles. The molecule has 0 bridgehead atoms. The van der Waals surface area contributed by atoms with Crippen LogP contribution in [0.1, 0.15) is 20.8 Å². The molecule has 0 spiro atoms. The molecule has 1 rings (SSSR count). The van der Waals surface area contributed by atoms with Crippen molar-refractivity contribution in [3.63, 3.8) is 0 Å². The van der Waals surface area contributed by atoms with Crippen molar-refractivity contribution >= 4 is 5.82 Å². The molecule has 0 amide bonds. The molecule has 2 N–H and O–H groups in total. The topological polar surface area (TPSA) is 60.9 Å². The molecule has 0 saturated carbocycles. The lowest BCUT2D eigenvalue weighted by Gasteiger charge is -2.23. The Morgan fingerprint density at radius 2 is 2.08 bits per heavy atom. The summed E-state index contributed by atoms with van der Waals surface area (Å²) in [6.45, 7) is 5.73. The molecule has 12 heavy (non-hydrogen) atoms. The van der Waals surface area contributed by atoms with Crippen LogP contribution in [-0.4, -0.2) is 9.55 Å². The minimum absolute atomic E-state index is 0.303. The molecule has 0 aliphatic heterocycles. The van der Waals surface area contributed by atoms with Crippen molar-refractivity contribution in [3.8, 4) is 0 Å². The maximum absolute atomic E-state index is 11.3. The van der Waals surface area contributed by atoms with Crippen LogP contribution >= 0.6 is 0 Å². The Bertz CT molecular complexity index is 335. The van der Waals surface area contributed by atoms with Crippen LogP contribution in [0.3, 0.4) is 0 Å². The van der Waals surface area contributed by atoms with Gasteiger partial charge in [0, 0.05) is 11.7 Å². The Labute approximate surface area is 71.0 Å². The lowest BCUT2D eigenvalue weighted by atomic mass is 10.1. The molecule has 0 aromatic carbocycles. The summed E-state index contributed by atoms with van der Waals surface area (Å²) in [5.41, 5.74) is 5.02. The van der Waals surface area contributed by atoms with Crippen molar-refractivity contribution in [2.75, 3.05) is 5.73 Å². The summed E-state index contributed by atoms with van der Waals surface area (Å²) in [7, 11) is 0. The largest absolute Gasteiger partial charge is 0.385 e. The van der Waals surface area contributed by atoms with Crippen LogP contribution in [0, 0.1) is 0 Å². The van der Waals surface area contributed by atoms with E-state index in [4.69, 9.17) is 5.73 Å². The van der Waals surface area contributed by atoms with E-state index in [-0.39, 0.29) is 11.2 Å². The van der Waals surface area contributed by atoms with E-state index in [0.29, 0.717) is 5.82 Å². The second kappa shape index (κ2) is 2.62. The highest BCUT2D eigenvalue weighted by Crippen LogP contribution is 2.13. The SMILES string of the molecule is CC(C)(C)n1c(N)ccnc1=O. The summed E-state index contributed by atoms with van der Waals surface area (Å²) in [5.74, 6) is 0.447. The van der Waals surface area contributed by atoms with E-state index in [1.54, 1.807) is 6.07 Å². The third-order valence-corrected chi connectivity index (χ3v) is 1.55. The minimum atomic E-state index is -0.310. The zero-order chi connectivity index (χ0) is 9.35. The van der Waals surface area contributed by atoms with Gasteiger partial charge in [0.1, 0.15) is 5.82 Å². The third kappa shape index (κ3) is 1.47. The van der Waals surface area contributed by atoms with Crippen molar-refractivity contribution < 1.29 is 0 Å². The number of nitrogens with two attached hydrogens (primary N) is 1. The van der Waals surface area contributed by atoms with Crippen molar-refractivity contribution in [3.05, 3.63) is 22.7 Å². The van der Waals surface area contributed by atoms with E-state index in [2.05, 4.69) is 4.98 Å². The zero-order valence-corrected chi connectivity index (χ0v) is 7.53. The third-order valence-electron chi connectivity index (χ3n) is 1.55. The van der Waals surface area contributed by atoms with E-state index in [1.807, 2.05) is 20.8 Å². The van der Waals surface area contributed by atoms with Gasteiger partial charge in [-0.05, 0) is 26.8 Å². The van der Waals surface area contributed by atoms with Crippen molar-refractivity contribution in [2.24, 2.45) is 0 Å². The molecule has 0 saturated heterocycles. The molecule has 0 radical (unpaired) electrons. The second-order valence-corrected chi connectivity index (χ2v) is 3.66. The Hall–Kier alpha value is -1.32. The maximum Gasteiger partial charge on any atom is 0.349 e. The Balaban J connectivity index is 3.42. The molecule has 1 aromatic rings. The van der Waals surface area contributed by atoms with Gasteiger partial charge in [-0.1, -0.05) is 0 Å². The second-order valence-electron chi connectivity index (χ2n) is 3.66. The Morgan fingerprint density at radius 3 is 2.42 bits per heavy atom. The number of aromatic nitrogens is 2. The number of hydrogen-bond acceptors (Lipinski definition) is 3. The van der Waals surface area contributed by atoms with Gasteiger partial charge in [-0.25, -0.2) is 9.78 Å². The quantitative estimate of drug-likeness (QED) is 0.614. The monoisotopic (exact) mass is 167 g/mol. The van der Waals surface area contributed by atoms with Gasteiger partial charge in [-0.15, -0.1) is 0 Å². The van der Waals surface area contributed by atoms with Gasteiger partial charge in [0.2, 0.25) is 0 Å². The van der Waals surface area contributed by atoms with Gasteiger partial charge in [0.05, 0.1) is 0 Å². The molecule has 0 aliphatic rings. The fourth-order valence-electron chi connectivity index (χ4n) is 1.09. The van der Waals surface area contributed by atoms with Crippen molar-refractivity contribution in [1.29, 1.82) is 0 Å². The fourth-order valence-corrected chi connectivity index (χ4v) is 1.09. The highest BCUT2D eigenvalue weighted by molar-refractivity contribution is 5.27. The first-order chi connectivity index (χ1) is 5.43. The Kier molecular flexibility index (Phi) is 1.92. The van der Waals surface area contributed by atoms with Gasteiger partial charge in [0.25, 0.3) is 0 Å². The van der Waals surface area contributed by atoms with Gasteiger partial charge < -0.3 is 5.73 Å². The summed E-state index contributed by atoms with van der Waals surface area (Å²) in [5, 5.41) is 0. The van der Waals surface area contributed by atoms with Crippen LogP contribution in [0.2, 0.25) is 0 Å². The minimum Gasteiger partial charge on any atom is -0.385 e. The molecule has 66 valence electrons. The van der Waals surface area contributed by atoms with Gasteiger partial charge in [-0.3, -0.25) is 4.57 Å². The number of anilines is 1.